The van der Waals surface area contributed by atoms with Crippen LogP contribution in [0.3, 0.4) is 0 Å². The lowest BCUT2D eigenvalue weighted by atomic mass is 9.95. The molecule has 1 fully saturated rings. The van der Waals surface area contributed by atoms with Gasteiger partial charge >= 0.3 is 0 Å². The lowest BCUT2D eigenvalue weighted by molar-refractivity contribution is 0.0894. The summed E-state index contributed by atoms with van der Waals surface area (Å²) in [5.41, 5.74) is 7.25. The lowest BCUT2D eigenvalue weighted by Gasteiger charge is -2.16. The van der Waals surface area contributed by atoms with Crippen LogP contribution in [-0.2, 0) is 12.0 Å². The molecule has 2 N–H and O–H groups in total. The Bertz CT molecular complexity index is 463. The molecule has 4 heteroatoms. The Hall–Kier alpha value is -0.900. The van der Waals surface area contributed by atoms with Crippen LogP contribution in [0, 0.1) is 19.8 Å². The summed E-state index contributed by atoms with van der Waals surface area (Å²) in [6.45, 7) is 9.04. The van der Waals surface area contributed by atoms with Gasteiger partial charge in [0.2, 0.25) is 0 Å². The standard InChI is InChI=1S/C14H22F2N2/c1-9(2)6-18-10(3)5-12(11(18)4)13(8-17)7-14(13,15)16/h5,9H,6-8,17H2,1-4H3. The average Bonchev–Trinajstić information content (AvgIpc) is 2.73. The fourth-order valence-corrected chi connectivity index (χ4v) is 2.89. The minimum absolute atomic E-state index is 0.0198. The van der Waals surface area contributed by atoms with Crippen molar-refractivity contribution < 1.29 is 8.78 Å². The number of nitrogens with zero attached hydrogens (tertiary/aromatic N) is 1. The van der Waals surface area contributed by atoms with Crippen molar-refractivity contribution in [2.45, 2.75) is 52.0 Å². The highest BCUT2D eigenvalue weighted by Crippen LogP contribution is 2.61. The summed E-state index contributed by atoms with van der Waals surface area (Å²) in [5, 5.41) is 0. The Morgan fingerprint density at radius 3 is 2.33 bits per heavy atom. The summed E-state index contributed by atoms with van der Waals surface area (Å²) in [6, 6.07) is 1.89. The van der Waals surface area contributed by atoms with E-state index in [9.17, 15) is 8.78 Å². The van der Waals surface area contributed by atoms with Gasteiger partial charge in [-0.1, -0.05) is 13.8 Å². The van der Waals surface area contributed by atoms with Crippen LogP contribution in [-0.4, -0.2) is 17.0 Å². The molecule has 0 aliphatic heterocycles. The van der Waals surface area contributed by atoms with Gasteiger partial charge in [-0.3, -0.25) is 0 Å². The maximum Gasteiger partial charge on any atom is 0.260 e. The summed E-state index contributed by atoms with van der Waals surface area (Å²) in [7, 11) is 0. The predicted octanol–water partition coefficient (Wildman–Crippen LogP) is 3.00. The van der Waals surface area contributed by atoms with E-state index >= 15 is 0 Å². The Balaban J connectivity index is 2.42. The zero-order valence-electron chi connectivity index (χ0n) is 11.6. The molecule has 0 bridgehead atoms. The summed E-state index contributed by atoms with van der Waals surface area (Å²) in [6.07, 6.45) is -0.109. The van der Waals surface area contributed by atoms with Gasteiger partial charge in [0.25, 0.3) is 5.92 Å². The van der Waals surface area contributed by atoms with Crippen molar-refractivity contribution in [1.82, 2.24) is 4.57 Å². The molecule has 1 aromatic heterocycles. The van der Waals surface area contributed by atoms with E-state index in [2.05, 4.69) is 18.4 Å². The predicted molar refractivity (Wildman–Crippen MR) is 69.0 cm³/mol. The van der Waals surface area contributed by atoms with Crippen LogP contribution in [0.1, 0.15) is 37.2 Å². The van der Waals surface area contributed by atoms with Gasteiger partial charge in [0, 0.05) is 30.9 Å². The number of aryl methyl sites for hydroxylation is 1. The molecule has 1 aromatic rings. The first kappa shape index (κ1) is 13.5. The molecular weight excluding hydrogens is 234 g/mol. The van der Waals surface area contributed by atoms with E-state index in [-0.39, 0.29) is 13.0 Å². The van der Waals surface area contributed by atoms with E-state index in [1.165, 1.54) is 0 Å². The third-order valence-electron chi connectivity index (χ3n) is 4.08. The second-order valence-electron chi connectivity index (χ2n) is 5.96. The number of halogens is 2. The molecule has 102 valence electrons. The summed E-state index contributed by atoms with van der Waals surface area (Å²) in [4.78, 5) is 0. The first-order valence-electron chi connectivity index (χ1n) is 6.50. The minimum atomic E-state index is -2.64. The molecule has 1 unspecified atom stereocenters. The molecule has 1 heterocycles. The number of hydrogen-bond acceptors (Lipinski definition) is 1. The molecule has 1 saturated carbocycles. The second-order valence-corrected chi connectivity index (χ2v) is 5.96. The van der Waals surface area contributed by atoms with Gasteiger partial charge in [0.1, 0.15) is 0 Å². The number of aromatic nitrogens is 1. The van der Waals surface area contributed by atoms with Crippen molar-refractivity contribution in [2.75, 3.05) is 6.54 Å². The molecule has 2 rings (SSSR count). The first-order valence-corrected chi connectivity index (χ1v) is 6.50. The summed E-state index contributed by atoms with van der Waals surface area (Å²) >= 11 is 0. The zero-order valence-corrected chi connectivity index (χ0v) is 11.6. The van der Waals surface area contributed by atoms with E-state index in [1.807, 2.05) is 19.9 Å². The van der Waals surface area contributed by atoms with Crippen LogP contribution in [0.15, 0.2) is 6.07 Å². The van der Waals surface area contributed by atoms with E-state index in [0.29, 0.717) is 5.92 Å². The van der Waals surface area contributed by atoms with Gasteiger partial charge in [0.15, 0.2) is 0 Å². The first-order chi connectivity index (χ1) is 8.25. The average molecular weight is 256 g/mol. The van der Waals surface area contributed by atoms with Crippen molar-refractivity contribution in [3.8, 4) is 0 Å². The van der Waals surface area contributed by atoms with Crippen molar-refractivity contribution in [3.63, 3.8) is 0 Å². The second kappa shape index (κ2) is 4.05. The van der Waals surface area contributed by atoms with Crippen molar-refractivity contribution in [2.24, 2.45) is 11.7 Å². The third-order valence-corrected chi connectivity index (χ3v) is 4.08. The summed E-state index contributed by atoms with van der Waals surface area (Å²) < 4.78 is 29.4. The molecular formula is C14H22F2N2. The largest absolute Gasteiger partial charge is 0.349 e. The molecule has 2 nitrogen and oxygen atoms in total. The topological polar surface area (TPSA) is 30.9 Å². The molecule has 1 aliphatic carbocycles. The smallest absolute Gasteiger partial charge is 0.260 e. The van der Waals surface area contributed by atoms with Crippen LogP contribution >= 0.6 is 0 Å². The molecule has 18 heavy (non-hydrogen) atoms. The van der Waals surface area contributed by atoms with Gasteiger partial charge in [-0.2, -0.15) is 0 Å². The fraction of sp³-hybridized carbons (Fsp3) is 0.714. The molecule has 0 saturated heterocycles. The van der Waals surface area contributed by atoms with Gasteiger partial charge in [-0.05, 0) is 31.4 Å². The van der Waals surface area contributed by atoms with Crippen LogP contribution in [0.4, 0.5) is 8.78 Å². The van der Waals surface area contributed by atoms with E-state index in [0.717, 1.165) is 23.5 Å². The van der Waals surface area contributed by atoms with Gasteiger partial charge in [-0.15, -0.1) is 0 Å². The SMILES string of the molecule is Cc1cc(C2(CN)CC2(F)F)c(C)n1CC(C)C. The Kier molecular flexibility index (Phi) is 3.05. The highest BCUT2D eigenvalue weighted by Gasteiger charge is 2.71. The van der Waals surface area contributed by atoms with Crippen LogP contribution in [0.25, 0.3) is 0 Å². The molecule has 0 spiro atoms. The van der Waals surface area contributed by atoms with E-state index in [4.69, 9.17) is 5.73 Å². The quantitative estimate of drug-likeness (QED) is 0.882. The monoisotopic (exact) mass is 256 g/mol. The van der Waals surface area contributed by atoms with E-state index < -0.39 is 11.3 Å². The van der Waals surface area contributed by atoms with Gasteiger partial charge in [-0.25, -0.2) is 8.78 Å². The summed E-state index contributed by atoms with van der Waals surface area (Å²) in [5.74, 6) is -2.14. The Morgan fingerprint density at radius 1 is 1.39 bits per heavy atom. The van der Waals surface area contributed by atoms with Gasteiger partial charge in [0.05, 0.1) is 5.41 Å². The maximum absolute atomic E-state index is 13.6. The number of nitrogens with two attached hydrogens (primary N) is 1. The normalized spacial score (nSPS) is 25.8. The molecule has 0 amide bonds. The lowest BCUT2D eigenvalue weighted by Crippen LogP contribution is -2.27. The van der Waals surface area contributed by atoms with Crippen LogP contribution in [0.5, 0.6) is 0 Å². The van der Waals surface area contributed by atoms with Gasteiger partial charge < -0.3 is 10.3 Å². The van der Waals surface area contributed by atoms with Crippen LogP contribution in [0.2, 0.25) is 0 Å². The molecule has 0 aromatic carbocycles. The Morgan fingerprint density at radius 2 is 1.94 bits per heavy atom. The molecule has 1 atom stereocenters. The fourth-order valence-electron chi connectivity index (χ4n) is 2.89. The highest BCUT2D eigenvalue weighted by molar-refractivity contribution is 5.43. The molecule has 0 radical (unpaired) electrons. The minimum Gasteiger partial charge on any atom is -0.349 e. The third kappa shape index (κ3) is 1.78. The zero-order chi connectivity index (χ0) is 13.7. The van der Waals surface area contributed by atoms with Crippen molar-refractivity contribution in [3.05, 3.63) is 23.0 Å². The maximum atomic E-state index is 13.6. The molecule has 1 aliphatic rings. The Labute approximate surface area is 107 Å². The van der Waals surface area contributed by atoms with E-state index in [1.54, 1.807) is 0 Å². The van der Waals surface area contributed by atoms with Crippen molar-refractivity contribution in [1.29, 1.82) is 0 Å². The number of rotatable bonds is 4. The number of hydrogen-bond donors (Lipinski definition) is 1. The number of alkyl halides is 2. The van der Waals surface area contributed by atoms with Crippen molar-refractivity contribution >= 4 is 0 Å². The van der Waals surface area contributed by atoms with Crippen LogP contribution < -0.4 is 5.73 Å². The highest BCUT2D eigenvalue weighted by atomic mass is 19.3.